The van der Waals surface area contributed by atoms with E-state index in [0.29, 0.717) is 53.1 Å². The second-order valence-electron chi connectivity index (χ2n) is 18.2. The molecule has 3 aliphatic rings. The SMILES string of the molecule is Cc1cc(-c2n[nH]c3ncc(-c4ccc(C5CCN(CC6CCN(c7ccc(N8CCC(=O)NC8=O)cc7)CC6)CC5)cc4)cc23)c(F)cc1CNC(=O)c1nc(C(C)(C)C)no1. The zero-order valence-corrected chi connectivity index (χ0v) is 36.2. The number of hydrogen-bond acceptors (Lipinski definition) is 10. The summed E-state index contributed by atoms with van der Waals surface area (Å²) in [6, 6.07) is 21.7. The number of fused-ring (bicyclic) bond motifs is 1. The summed E-state index contributed by atoms with van der Waals surface area (Å²) in [7, 11) is 0. The number of nitrogens with zero attached hydrogens (tertiary/aromatic N) is 7. The third-order valence-corrected chi connectivity index (χ3v) is 12.8. The zero-order valence-electron chi connectivity index (χ0n) is 36.2. The topological polar surface area (TPSA) is 165 Å². The summed E-state index contributed by atoms with van der Waals surface area (Å²) < 4.78 is 20.9. The van der Waals surface area contributed by atoms with Crippen LogP contribution in [0.3, 0.4) is 0 Å². The number of H-pyrrole nitrogens is 1. The van der Waals surface area contributed by atoms with E-state index >= 15 is 4.39 Å². The number of piperidine rings is 2. The van der Waals surface area contributed by atoms with Crippen LogP contribution in [0.2, 0.25) is 0 Å². The molecule has 3 aromatic carbocycles. The smallest absolute Gasteiger partial charge is 0.328 e. The molecule has 63 heavy (non-hydrogen) atoms. The van der Waals surface area contributed by atoms with Crippen molar-refractivity contribution in [2.75, 3.05) is 49.1 Å². The van der Waals surface area contributed by atoms with Crippen LogP contribution in [0.1, 0.15) is 92.0 Å². The first kappa shape index (κ1) is 41.9. The molecule has 6 aromatic rings. The summed E-state index contributed by atoms with van der Waals surface area (Å²) in [6.07, 6.45) is 6.72. The number of aromatic amines is 1. The summed E-state index contributed by atoms with van der Waals surface area (Å²) in [4.78, 5) is 52.1. The van der Waals surface area contributed by atoms with Crippen molar-refractivity contribution in [1.82, 2.24) is 40.9 Å². The number of benzene rings is 3. The van der Waals surface area contributed by atoms with Crippen molar-refractivity contribution in [1.29, 1.82) is 0 Å². The highest BCUT2D eigenvalue weighted by molar-refractivity contribution is 6.05. The van der Waals surface area contributed by atoms with E-state index in [9.17, 15) is 14.4 Å². The first-order valence-electron chi connectivity index (χ1n) is 21.9. The molecule has 0 unspecified atom stereocenters. The standard InChI is InChI=1S/C48H53FN10O4/c1-29-23-38(40(49)25-34(29)26-51-44(61)45-53-46(56-63-45)48(2,3)4)42-39-24-35(27-50-43(39)55-54-42)32-7-5-31(6-8-32)33-15-18-57(19-16-33)28-30-13-20-58(21-14-30)36-9-11-37(12-10-36)59-22-17-41(60)52-47(59)62/h5-12,23-25,27,30,33H,13-22,26,28H2,1-4H3,(H,51,61)(H,50,54,55)(H,52,60,62). The minimum Gasteiger partial charge on any atom is -0.372 e. The third-order valence-electron chi connectivity index (χ3n) is 12.8. The Morgan fingerprint density at radius 1 is 0.905 bits per heavy atom. The van der Waals surface area contributed by atoms with Gasteiger partial charge in [0, 0.05) is 78.6 Å². The highest BCUT2D eigenvalue weighted by Crippen LogP contribution is 2.35. The van der Waals surface area contributed by atoms with Crippen LogP contribution < -0.4 is 20.4 Å². The van der Waals surface area contributed by atoms with E-state index in [1.165, 1.54) is 17.3 Å². The van der Waals surface area contributed by atoms with Gasteiger partial charge < -0.3 is 19.6 Å². The summed E-state index contributed by atoms with van der Waals surface area (Å²) >= 11 is 0. The van der Waals surface area contributed by atoms with Crippen molar-refractivity contribution >= 4 is 40.3 Å². The quantitative estimate of drug-likeness (QED) is 0.123. The van der Waals surface area contributed by atoms with Crippen LogP contribution in [0.25, 0.3) is 33.4 Å². The highest BCUT2D eigenvalue weighted by Gasteiger charge is 2.28. The van der Waals surface area contributed by atoms with Crippen LogP contribution >= 0.6 is 0 Å². The maximum Gasteiger partial charge on any atom is 0.328 e. The molecule has 0 bridgehead atoms. The molecule has 0 saturated carbocycles. The molecule has 0 atom stereocenters. The molecule has 3 N–H and O–H groups in total. The van der Waals surface area contributed by atoms with Gasteiger partial charge in [-0.05, 0) is 122 Å². The van der Waals surface area contributed by atoms with Crippen molar-refractivity contribution in [2.45, 2.75) is 77.7 Å². The number of urea groups is 1. The van der Waals surface area contributed by atoms with E-state index in [-0.39, 0.29) is 29.8 Å². The lowest BCUT2D eigenvalue weighted by molar-refractivity contribution is -0.120. The average Bonchev–Trinajstić information content (AvgIpc) is 3.96. The molecular formula is C48H53FN10O4. The highest BCUT2D eigenvalue weighted by atomic mass is 19.1. The number of likely N-dealkylation sites (tertiary alicyclic amines) is 1. The first-order chi connectivity index (χ1) is 30.4. The van der Waals surface area contributed by atoms with E-state index in [1.807, 2.05) is 52.1 Å². The number of imide groups is 1. The Hall–Kier alpha value is -6.48. The second kappa shape index (κ2) is 17.4. The maximum absolute atomic E-state index is 15.8. The molecule has 14 nitrogen and oxygen atoms in total. The Bertz CT molecular complexity index is 2640. The first-order valence-corrected chi connectivity index (χ1v) is 21.9. The molecule has 9 rings (SSSR count). The number of aryl methyl sites for hydroxylation is 1. The van der Waals surface area contributed by atoms with Crippen LogP contribution in [-0.4, -0.2) is 87.3 Å². The van der Waals surface area contributed by atoms with E-state index in [2.05, 4.69) is 82.2 Å². The number of halogens is 1. The molecular weight excluding hydrogens is 800 g/mol. The Labute approximate surface area is 365 Å². The normalized spacial score (nSPS) is 17.1. The van der Waals surface area contributed by atoms with Gasteiger partial charge in [0.1, 0.15) is 11.5 Å². The molecule has 0 spiro atoms. The fourth-order valence-electron chi connectivity index (χ4n) is 9.02. The number of nitrogens with one attached hydrogen (secondary N) is 3. The fraction of sp³-hybridized carbons (Fsp3) is 0.396. The molecule has 4 amide bonds. The molecule has 326 valence electrons. The lowest BCUT2D eigenvalue weighted by Gasteiger charge is -2.38. The molecule has 3 saturated heterocycles. The van der Waals surface area contributed by atoms with Crippen LogP contribution in [0.4, 0.5) is 20.6 Å². The lowest BCUT2D eigenvalue weighted by Crippen LogP contribution is -2.49. The Kier molecular flexibility index (Phi) is 11.5. The molecule has 0 radical (unpaired) electrons. The monoisotopic (exact) mass is 852 g/mol. The van der Waals surface area contributed by atoms with Crippen LogP contribution in [0.15, 0.2) is 77.4 Å². The number of anilines is 2. The number of rotatable bonds is 10. The predicted molar refractivity (Wildman–Crippen MR) is 239 cm³/mol. The largest absolute Gasteiger partial charge is 0.372 e. The molecule has 0 aliphatic carbocycles. The third kappa shape index (κ3) is 9.06. The summed E-state index contributed by atoms with van der Waals surface area (Å²) in [6.45, 7) is 13.5. The number of carbonyl (C=O) groups is 3. The lowest BCUT2D eigenvalue weighted by atomic mass is 9.87. The molecule has 3 fully saturated rings. The van der Waals surface area contributed by atoms with Gasteiger partial charge in [-0.2, -0.15) is 10.1 Å². The Morgan fingerprint density at radius 2 is 1.63 bits per heavy atom. The van der Waals surface area contributed by atoms with E-state index < -0.39 is 11.7 Å². The van der Waals surface area contributed by atoms with Gasteiger partial charge in [0.05, 0.1) is 0 Å². The van der Waals surface area contributed by atoms with E-state index in [1.54, 1.807) is 11.0 Å². The van der Waals surface area contributed by atoms with Gasteiger partial charge in [-0.15, -0.1) is 0 Å². The van der Waals surface area contributed by atoms with E-state index in [4.69, 9.17) is 4.52 Å². The van der Waals surface area contributed by atoms with Crippen molar-refractivity contribution in [3.63, 3.8) is 0 Å². The van der Waals surface area contributed by atoms with Crippen molar-refractivity contribution in [3.05, 3.63) is 107 Å². The minimum atomic E-state index is -0.521. The second-order valence-corrected chi connectivity index (χ2v) is 18.2. The molecule has 6 heterocycles. The van der Waals surface area contributed by atoms with Crippen molar-refractivity contribution < 1.29 is 23.3 Å². The summed E-state index contributed by atoms with van der Waals surface area (Å²) in [5, 5.41) is 17.2. The van der Waals surface area contributed by atoms with Crippen LogP contribution in [0, 0.1) is 18.7 Å². The van der Waals surface area contributed by atoms with Gasteiger partial charge in [0.25, 0.3) is 0 Å². The number of pyridine rings is 1. The van der Waals surface area contributed by atoms with Crippen LogP contribution in [0.5, 0.6) is 0 Å². The number of hydrogen-bond donors (Lipinski definition) is 3. The van der Waals surface area contributed by atoms with Gasteiger partial charge in [0.2, 0.25) is 5.91 Å². The minimum absolute atomic E-state index is 0.0894. The van der Waals surface area contributed by atoms with Crippen molar-refractivity contribution in [2.24, 2.45) is 5.92 Å². The van der Waals surface area contributed by atoms with Crippen LogP contribution in [-0.2, 0) is 16.8 Å². The average molecular weight is 853 g/mol. The number of carbonyl (C=O) groups excluding carboxylic acids is 3. The van der Waals surface area contributed by atoms with Crippen molar-refractivity contribution in [3.8, 4) is 22.4 Å². The van der Waals surface area contributed by atoms with Gasteiger partial charge >= 0.3 is 17.8 Å². The zero-order chi connectivity index (χ0) is 43.8. The fourth-order valence-corrected chi connectivity index (χ4v) is 9.02. The van der Waals surface area contributed by atoms with Gasteiger partial charge in [-0.3, -0.25) is 24.9 Å². The Balaban J connectivity index is 0.771. The molecule has 15 heteroatoms. The summed E-state index contributed by atoms with van der Waals surface area (Å²) in [5.41, 5.74) is 7.74. The van der Waals surface area contributed by atoms with E-state index in [0.717, 1.165) is 86.2 Å². The number of aromatic nitrogens is 5. The number of amides is 4. The predicted octanol–water partition coefficient (Wildman–Crippen LogP) is 7.89. The van der Waals surface area contributed by atoms with Gasteiger partial charge in [0.15, 0.2) is 11.5 Å². The molecule has 3 aliphatic heterocycles. The molecule has 3 aromatic heterocycles. The Morgan fingerprint density at radius 3 is 2.33 bits per heavy atom. The van der Waals surface area contributed by atoms with Gasteiger partial charge in [-0.25, -0.2) is 14.2 Å². The van der Waals surface area contributed by atoms with Gasteiger partial charge in [-0.1, -0.05) is 50.2 Å². The maximum atomic E-state index is 15.8. The summed E-state index contributed by atoms with van der Waals surface area (Å²) in [5.74, 6) is 0.295.